The summed E-state index contributed by atoms with van der Waals surface area (Å²) >= 11 is 0. The molecule has 0 atom stereocenters. The highest BCUT2D eigenvalue weighted by atomic mass is 16.5. The molecule has 1 aromatic heterocycles. The molecule has 1 saturated heterocycles. The van der Waals surface area contributed by atoms with E-state index in [2.05, 4.69) is 41.1 Å². The van der Waals surface area contributed by atoms with Crippen molar-refractivity contribution < 1.29 is 4.74 Å². The van der Waals surface area contributed by atoms with Crippen molar-refractivity contribution in [1.82, 2.24) is 4.57 Å². The molecule has 0 bridgehead atoms. The van der Waals surface area contributed by atoms with Gasteiger partial charge in [0.1, 0.15) is 0 Å². The summed E-state index contributed by atoms with van der Waals surface area (Å²) in [4.78, 5) is 0. The molecule has 1 aliphatic rings. The van der Waals surface area contributed by atoms with Gasteiger partial charge in [-0.15, -0.1) is 0 Å². The fourth-order valence-corrected chi connectivity index (χ4v) is 2.42. The third kappa shape index (κ3) is 1.85. The molecule has 1 aromatic carbocycles. The van der Waals surface area contributed by atoms with Crippen LogP contribution in [-0.4, -0.2) is 17.8 Å². The summed E-state index contributed by atoms with van der Waals surface area (Å²) in [6.45, 7) is 2.95. The van der Waals surface area contributed by atoms with E-state index in [1.165, 1.54) is 23.7 Å². The molecule has 16 heavy (non-hydrogen) atoms. The summed E-state index contributed by atoms with van der Waals surface area (Å²) in [7, 11) is 0. The smallest absolute Gasteiger partial charge is 0.0486 e. The van der Waals surface area contributed by atoms with Crippen LogP contribution >= 0.6 is 0 Å². The first-order valence-electron chi connectivity index (χ1n) is 5.97. The maximum absolute atomic E-state index is 5.39. The maximum atomic E-state index is 5.39. The van der Waals surface area contributed by atoms with Crippen LogP contribution in [0.5, 0.6) is 0 Å². The van der Waals surface area contributed by atoms with Crippen LogP contribution in [0.3, 0.4) is 0 Å². The normalized spacial score (nSPS) is 18.0. The van der Waals surface area contributed by atoms with Gasteiger partial charge in [-0.3, -0.25) is 0 Å². The van der Waals surface area contributed by atoms with Gasteiger partial charge in [0.05, 0.1) is 0 Å². The number of aromatic nitrogens is 1. The monoisotopic (exact) mass is 214 g/mol. The molecule has 2 aromatic rings. The van der Waals surface area contributed by atoms with Crippen molar-refractivity contribution in [3.05, 3.63) is 36.5 Å². The Morgan fingerprint density at radius 1 is 1.25 bits per heavy atom. The Balaban J connectivity index is 1.83. The topological polar surface area (TPSA) is 14.2 Å². The van der Waals surface area contributed by atoms with Crippen molar-refractivity contribution in [2.24, 2.45) is 5.92 Å². The van der Waals surface area contributed by atoms with Crippen LogP contribution in [0.1, 0.15) is 12.8 Å². The first-order chi connectivity index (χ1) is 7.93. The van der Waals surface area contributed by atoms with Gasteiger partial charge in [0.15, 0.2) is 0 Å². The SMILES string of the molecule is [c]1cn(CC2CCOCC2)c2ccccc12. The largest absolute Gasteiger partial charge is 0.381 e. The van der Waals surface area contributed by atoms with Crippen LogP contribution in [-0.2, 0) is 11.3 Å². The van der Waals surface area contributed by atoms with Crippen LogP contribution < -0.4 is 0 Å². The predicted octanol–water partition coefficient (Wildman–Crippen LogP) is 2.87. The highest BCUT2D eigenvalue weighted by molar-refractivity contribution is 5.79. The minimum atomic E-state index is 0.762. The molecule has 3 rings (SSSR count). The first-order valence-corrected chi connectivity index (χ1v) is 5.97. The second-order valence-electron chi connectivity index (χ2n) is 4.50. The second-order valence-corrected chi connectivity index (χ2v) is 4.50. The van der Waals surface area contributed by atoms with Gasteiger partial charge >= 0.3 is 0 Å². The minimum absolute atomic E-state index is 0.762. The average molecular weight is 214 g/mol. The fraction of sp³-hybridized carbons (Fsp3) is 0.429. The highest BCUT2D eigenvalue weighted by Crippen LogP contribution is 2.21. The van der Waals surface area contributed by atoms with Gasteiger partial charge in [0.2, 0.25) is 0 Å². The Kier molecular flexibility index (Phi) is 2.66. The lowest BCUT2D eigenvalue weighted by Gasteiger charge is -2.22. The number of hydrogen-bond acceptors (Lipinski definition) is 1. The molecule has 0 spiro atoms. The van der Waals surface area contributed by atoms with Crippen LogP contribution in [0.15, 0.2) is 30.5 Å². The maximum Gasteiger partial charge on any atom is 0.0486 e. The zero-order valence-electron chi connectivity index (χ0n) is 9.36. The van der Waals surface area contributed by atoms with Gasteiger partial charge < -0.3 is 9.30 Å². The molecule has 0 saturated carbocycles. The summed E-state index contributed by atoms with van der Waals surface area (Å²) in [5, 5.41) is 1.22. The molecular weight excluding hydrogens is 198 g/mol. The average Bonchev–Trinajstić information content (AvgIpc) is 2.74. The van der Waals surface area contributed by atoms with E-state index in [0.29, 0.717) is 0 Å². The van der Waals surface area contributed by atoms with Crippen LogP contribution in [0.4, 0.5) is 0 Å². The summed E-state index contributed by atoms with van der Waals surface area (Å²) in [6.07, 6.45) is 4.46. The van der Waals surface area contributed by atoms with Crippen molar-refractivity contribution in [3.8, 4) is 0 Å². The summed E-state index contributed by atoms with van der Waals surface area (Å²) in [5.74, 6) is 0.762. The molecule has 1 radical (unpaired) electrons. The van der Waals surface area contributed by atoms with E-state index in [1.807, 2.05) is 0 Å². The van der Waals surface area contributed by atoms with Gasteiger partial charge in [0, 0.05) is 42.9 Å². The van der Waals surface area contributed by atoms with Crippen LogP contribution in [0.2, 0.25) is 0 Å². The number of para-hydroxylation sites is 1. The Hall–Kier alpha value is -1.28. The molecule has 1 aliphatic heterocycles. The fourth-order valence-electron chi connectivity index (χ4n) is 2.42. The molecule has 1 fully saturated rings. The van der Waals surface area contributed by atoms with Crippen molar-refractivity contribution in [3.63, 3.8) is 0 Å². The van der Waals surface area contributed by atoms with Crippen molar-refractivity contribution in [2.45, 2.75) is 19.4 Å². The second kappa shape index (κ2) is 4.30. The molecule has 83 valence electrons. The van der Waals surface area contributed by atoms with E-state index in [0.717, 1.165) is 25.7 Å². The first kappa shape index (κ1) is 9.91. The molecule has 2 heteroatoms. The van der Waals surface area contributed by atoms with Gasteiger partial charge in [0.25, 0.3) is 0 Å². The Labute approximate surface area is 95.8 Å². The number of fused-ring (bicyclic) bond motifs is 1. The van der Waals surface area contributed by atoms with Crippen molar-refractivity contribution in [1.29, 1.82) is 0 Å². The van der Waals surface area contributed by atoms with Crippen LogP contribution in [0, 0.1) is 12.0 Å². The zero-order valence-corrected chi connectivity index (χ0v) is 9.36. The third-order valence-electron chi connectivity index (χ3n) is 3.39. The number of nitrogens with zero attached hydrogens (tertiary/aromatic N) is 1. The van der Waals surface area contributed by atoms with E-state index in [-0.39, 0.29) is 0 Å². The standard InChI is InChI=1S/C14H16NO/c1-2-4-14-13(3-1)5-8-15(14)11-12-6-9-16-10-7-12/h1-4,8,12H,6-7,9-11H2. The molecule has 0 unspecified atom stereocenters. The highest BCUT2D eigenvalue weighted by Gasteiger charge is 2.14. The lowest BCUT2D eigenvalue weighted by atomic mass is 10.0. The molecule has 2 heterocycles. The number of ether oxygens (including phenoxy) is 1. The van der Waals surface area contributed by atoms with Gasteiger partial charge in [-0.1, -0.05) is 18.2 Å². The summed E-state index contributed by atoms with van der Waals surface area (Å²) in [5.41, 5.74) is 1.30. The lowest BCUT2D eigenvalue weighted by molar-refractivity contribution is 0.0616. The van der Waals surface area contributed by atoms with Crippen LogP contribution in [0.25, 0.3) is 10.9 Å². The summed E-state index contributed by atoms with van der Waals surface area (Å²) in [6, 6.07) is 11.8. The van der Waals surface area contributed by atoms with Crippen molar-refractivity contribution >= 4 is 10.9 Å². The number of rotatable bonds is 2. The van der Waals surface area contributed by atoms with E-state index in [1.54, 1.807) is 0 Å². The molecule has 0 amide bonds. The quantitative estimate of drug-likeness (QED) is 0.749. The zero-order chi connectivity index (χ0) is 10.8. The molecule has 0 aliphatic carbocycles. The Morgan fingerprint density at radius 3 is 2.94 bits per heavy atom. The molecular formula is C14H16NO. The molecule has 0 N–H and O–H groups in total. The number of benzene rings is 1. The Morgan fingerprint density at radius 2 is 2.06 bits per heavy atom. The van der Waals surface area contributed by atoms with Gasteiger partial charge in [-0.05, 0) is 24.8 Å². The minimum Gasteiger partial charge on any atom is -0.381 e. The predicted molar refractivity (Wildman–Crippen MR) is 64.3 cm³/mol. The van der Waals surface area contributed by atoms with Crippen molar-refractivity contribution in [2.75, 3.05) is 13.2 Å². The summed E-state index contributed by atoms with van der Waals surface area (Å²) < 4.78 is 7.71. The lowest BCUT2D eigenvalue weighted by Crippen LogP contribution is -2.19. The number of hydrogen-bond donors (Lipinski definition) is 0. The van der Waals surface area contributed by atoms with E-state index >= 15 is 0 Å². The van der Waals surface area contributed by atoms with Gasteiger partial charge in [-0.25, -0.2) is 0 Å². The Bertz CT molecular complexity index is 468. The van der Waals surface area contributed by atoms with E-state index < -0.39 is 0 Å². The molecule has 2 nitrogen and oxygen atoms in total. The van der Waals surface area contributed by atoms with E-state index in [9.17, 15) is 0 Å². The van der Waals surface area contributed by atoms with E-state index in [4.69, 9.17) is 4.74 Å². The third-order valence-corrected chi connectivity index (χ3v) is 3.39. The van der Waals surface area contributed by atoms with Gasteiger partial charge in [-0.2, -0.15) is 0 Å².